The smallest absolute Gasteiger partial charge is 0.115 e. The molecule has 1 aliphatic rings. The van der Waals surface area contributed by atoms with Crippen molar-refractivity contribution in [3.8, 4) is 5.75 Å². The molecule has 0 radical (unpaired) electrons. The van der Waals surface area contributed by atoms with Gasteiger partial charge in [-0.2, -0.15) is 0 Å². The highest BCUT2D eigenvalue weighted by Gasteiger charge is 2.18. The van der Waals surface area contributed by atoms with E-state index in [1.807, 2.05) is 12.1 Å². The van der Waals surface area contributed by atoms with Crippen LogP contribution in [0.15, 0.2) is 48.5 Å². The quantitative estimate of drug-likeness (QED) is 0.937. The zero-order valence-corrected chi connectivity index (χ0v) is 12.5. The first-order valence-corrected chi connectivity index (χ1v) is 7.53. The molecule has 0 spiro atoms. The Morgan fingerprint density at radius 2 is 1.71 bits per heavy atom. The van der Waals surface area contributed by atoms with Gasteiger partial charge in [0, 0.05) is 38.4 Å². The Kier molecular flexibility index (Phi) is 4.11. The predicted octanol–water partition coefficient (Wildman–Crippen LogP) is 3.02. The van der Waals surface area contributed by atoms with Crippen LogP contribution < -0.4 is 4.90 Å². The zero-order chi connectivity index (χ0) is 14.7. The van der Waals surface area contributed by atoms with E-state index in [-0.39, 0.29) is 0 Å². The zero-order valence-electron chi connectivity index (χ0n) is 12.5. The predicted molar refractivity (Wildman–Crippen MR) is 86.8 cm³/mol. The maximum atomic E-state index is 9.54. The van der Waals surface area contributed by atoms with Crippen molar-refractivity contribution in [2.45, 2.75) is 13.5 Å². The highest BCUT2D eigenvalue weighted by molar-refractivity contribution is 5.53. The molecule has 21 heavy (non-hydrogen) atoms. The van der Waals surface area contributed by atoms with E-state index in [1.165, 1.54) is 16.8 Å². The summed E-state index contributed by atoms with van der Waals surface area (Å²) in [6.45, 7) is 7.33. The fraction of sp³-hybridized carbons (Fsp3) is 0.333. The van der Waals surface area contributed by atoms with Crippen molar-refractivity contribution in [2.24, 2.45) is 0 Å². The van der Waals surface area contributed by atoms with Crippen molar-refractivity contribution in [3.63, 3.8) is 0 Å². The molecule has 110 valence electrons. The van der Waals surface area contributed by atoms with Gasteiger partial charge in [-0.3, -0.25) is 4.90 Å². The minimum atomic E-state index is 0.353. The monoisotopic (exact) mass is 282 g/mol. The number of piperazine rings is 1. The van der Waals surface area contributed by atoms with Gasteiger partial charge in [0.05, 0.1) is 0 Å². The molecule has 2 aromatic carbocycles. The lowest BCUT2D eigenvalue weighted by atomic mass is 10.1. The largest absolute Gasteiger partial charge is 0.508 e. The van der Waals surface area contributed by atoms with Crippen molar-refractivity contribution in [2.75, 3.05) is 31.1 Å². The van der Waals surface area contributed by atoms with Gasteiger partial charge in [-0.15, -0.1) is 0 Å². The summed E-state index contributed by atoms with van der Waals surface area (Å²) < 4.78 is 0. The van der Waals surface area contributed by atoms with Crippen LogP contribution >= 0.6 is 0 Å². The number of hydrogen-bond donors (Lipinski definition) is 1. The number of para-hydroxylation sites is 1. The van der Waals surface area contributed by atoms with E-state index in [4.69, 9.17) is 0 Å². The van der Waals surface area contributed by atoms with Crippen LogP contribution in [0.2, 0.25) is 0 Å². The molecule has 0 aromatic heterocycles. The molecule has 3 rings (SSSR count). The lowest BCUT2D eigenvalue weighted by molar-refractivity contribution is 0.249. The van der Waals surface area contributed by atoms with Gasteiger partial charge in [0.1, 0.15) is 5.75 Å². The third kappa shape index (κ3) is 3.37. The number of phenols is 1. The van der Waals surface area contributed by atoms with Gasteiger partial charge >= 0.3 is 0 Å². The number of anilines is 1. The van der Waals surface area contributed by atoms with E-state index in [9.17, 15) is 5.11 Å². The molecule has 1 N–H and O–H groups in total. The number of aromatic hydroxyl groups is 1. The van der Waals surface area contributed by atoms with E-state index in [0.717, 1.165) is 32.7 Å². The van der Waals surface area contributed by atoms with Gasteiger partial charge < -0.3 is 10.0 Å². The SMILES string of the molecule is Cc1ccccc1N1CCN(Cc2cccc(O)c2)CC1. The first-order valence-electron chi connectivity index (χ1n) is 7.53. The normalized spacial score (nSPS) is 16.1. The van der Waals surface area contributed by atoms with Crippen LogP contribution in [0, 0.1) is 6.92 Å². The maximum absolute atomic E-state index is 9.54. The lowest BCUT2D eigenvalue weighted by Gasteiger charge is -2.36. The summed E-state index contributed by atoms with van der Waals surface area (Å²) in [5.74, 6) is 0.353. The van der Waals surface area contributed by atoms with Gasteiger partial charge in [0.15, 0.2) is 0 Å². The summed E-state index contributed by atoms with van der Waals surface area (Å²) >= 11 is 0. The molecule has 0 aliphatic carbocycles. The molecule has 1 saturated heterocycles. The van der Waals surface area contributed by atoms with E-state index < -0.39 is 0 Å². The van der Waals surface area contributed by atoms with Crippen molar-refractivity contribution in [1.82, 2.24) is 4.90 Å². The van der Waals surface area contributed by atoms with Crippen LogP contribution in [-0.2, 0) is 6.54 Å². The minimum absolute atomic E-state index is 0.353. The number of benzene rings is 2. The van der Waals surface area contributed by atoms with Gasteiger partial charge in [-0.1, -0.05) is 30.3 Å². The Morgan fingerprint density at radius 3 is 2.43 bits per heavy atom. The van der Waals surface area contributed by atoms with Crippen LogP contribution in [0.5, 0.6) is 5.75 Å². The Hall–Kier alpha value is -2.00. The van der Waals surface area contributed by atoms with E-state index in [2.05, 4.69) is 47.1 Å². The molecule has 0 bridgehead atoms. The third-order valence-electron chi connectivity index (χ3n) is 4.15. The number of hydrogen-bond acceptors (Lipinski definition) is 3. The number of rotatable bonds is 3. The van der Waals surface area contributed by atoms with E-state index in [0.29, 0.717) is 5.75 Å². The summed E-state index contributed by atoms with van der Waals surface area (Å²) in [6.07, 6.45) is 0. The molecule has 1 heterocycles. The molecular weight excluding hydrogens is 260 g/mol. The van der Waals surface area contributed by atoms with E-state index in [1.54, 1.807) is 6.07 Å². The molecule has 1 aliphatic heterocycles. The van der Waals surface area contributed by atoms with Gasteiger partial charge in [-0.25, -0.2) is 0 Å². The average molecular weight is 282 g/mol. The Labute approximate surface area is 126 Å². The molecule has 1 fully saturated rings. The molecule has 2 aromatic rings. The lowest BCUT2D eigenvalue weighted by Crippen LogP contribution is -2.46. The highest BCUT2D eigenvalue weighted by atomic mass is 16.3. The number of phenolic OH excluding ortho intramolecular Hbond substituents is 1. The second kappa shape index (κ2) is 6.19. The number of aryl methyl sites for hydroxylation is 1. The summed E-state index contributed by atoms with van der Waals surface area (Å²) in [6, 6.07) is 16.2. The van der Waals surface area contributed by atoms with Gasteiger partial charge in [0.25, 0.3) is 0 Å². The molecule has 0 unspecified atom stereocenters. The van der Waals surface area contributed by atoms with Crippen molar-refractivity contribution < 1.29 is 5.11 Å². The highest BCUT2D eigenvalue weighted by Crippen LogP contribution is 2.21. The van der Waals surface area contributed by atoms with Crippen molar-refractivity contribution in [3.05, 3.63) is 59.7 Å². The third-order valence-corrected chi connectivity index (χ3v) is 4.15. The maximum Gasteiger partial charge on any atom is 0.115 e. The van der Waals surface area contributed by atoms with Crippen LogP contribution in [0.4, 0.5) is 5.69 Å². The molecule has 0 saturated carbocycles. The summed E-state index contributed by atoms with van der Waals surface area (Å²) in [4.78, 5) is 4.91. The second-order valence-corrected chi connectivity index (χ2v) is 5.72. The Bertz CT molecular complexity index is 604. The minimum Gasteiger partial charge on any atom is -0.508 e. The van der Waals surface area contributed by atoms with Crippen LogP contribution in [0.3, 0.4) is 0 Å². The standard InChI is InChI=1S/C18H22N2O/c1-15-5-2-3-8-18(15)20-11-9-19(10-12-20)14-16-6-4-7-17(21)13-16/h2-8,13,21H,9-12,14H2,1H3. The molecule has 0 atom stereocenters. The first kappa shape index (κ1) is 14.0. The summed E-state index contributed by atoms with van der Waals surface area (Å²) in [5.41, 5.74) is 3.88. The van der Waals surface area contributed by atoms with Gasteiger partial charge in [0.2, 0.25) is 0 Å². The van der Waals surface area contributed by atoms with Crippen molar-refractivity contribution >= 4 is 5.69 Å². The van der Waals surface area contributed by atoms with Crippen LogP contribution in [-0.4, -0.2) is 36.2 Å². The summed E-state index contributed by atoms with van der Waals surface area (Å²) in [7, 11) is 0. The molecule has 3 nitrogen and oxygen atoms in total. The topological polar surface area (TPSA) is 26.7 Å². The van der Waals surface area contributed by atoms with Crippen molar-refractivity contribution in [1.29, 1.82) is 0 Å². The molecule has 3 heteroatoms. The fourth-order valence-electron chi connectivity index (χ4n) is 2.98. The Morgan fingerprint density at radius 1 is 0.952 bits per heavy atom. The molecular formula is C18H22N2O. The second-order valence-electron chi connectivity index (χ2n) is 5.72. The van der Waals surface area contributed by atoms with Crippen LogP contribution in [0.25, 0.3) is 0 Å². The first-order chi connectivity index (χ1) is 10.2. The fourth-order valence-corrected chi connectivity index (χ4v) is 2.98. The van der Waals surface area contributed by atoms with E-state index >= 15 is 0 Å². The van der Waals surface area contributed by atoms with Crippen LogP contribution in [0.1, 0.15) is 11.1 Å². The Balaban J connectivity index is 1.59. The van der Waals surface area contributed by atoms with Gasteiger partial charge in [-0.05, 0) is 36.2 Å². The molecule has 0 amide bonds. The average Bonchev–Trinajstić information content (AvgIpc) is 2.49. The summed E-state index contributed by atoms with van der Waals surface area (Å²) in [5, 5.41) is 9.54. The number of nitrogens with zero attached hydrogens (tertiary/aromatic N) is 2.